The van der Waals surface area contributed by atoms with Crippen molar-refractivity contribution >= 4 is 6.09 Å². The van der Waals surface area contributed by atoms with Gasteiger partial charge in [-0.2, -0.15) is 0 Å². The Kier molecular flexibility index (Phi) is 2.91. The molecule has 0 aromatic rings. The Bertz CT molecular complexity index is 220. The number of hydrogen-bond acceptors (Lipinski definition) is 3. The van der Waals surface area contributed by atoms with Gasteiger partial charge in [-0.25, -0.2) is 4.79 Å². The number of carbonyl (C=O) groups is 1. The minimum absolute atomic E-state index is 0.129. The summed E-state index contributed by atoms with van der Waals surface area (Å²) < 4.78 is 4.91. The summed E-state index contributed by atoms with van der Waals surface area (Å²) in [6, 6.07) is 0. The summed E-state index contributed by atoms with van der Waals surface area (Å²) in [5, 5.41) is 3.37. The number of piperidine rings is 1. The molecule has 14 heavy (non-hydrogen) atoms. The lowest BCUT2D eigenvalue weighted by molar-refractivity contribution is 0.144. The molecular weight excluding hydrogens is 180 g/mol. The van der Waals surface area contributed by atoms with Gasteiger partial charge in [0.15, 0.2) is 0 Å². The zero-order valence-corrected chi connectivity index (χ0v) is 8.66. The number of cyclic esters (lactones) is 1. The molecule has 0 radical (unpaired) electrons. The first kappa shape index (κ1) is 9.77. The number of carbonyl (C=O) groups excluding carboxylic acids is 1. The molecule has 0 aromatic heterocycles. The Balaban J connectivity index is 1.86. The van der Waals surface area contributed by atoms with E-state index in [0.29, 0.717) is 18.4 Å². The van der Waals surface area contributed by atoms with E-state index in [1.165, 1.54) is 6.42 Å². The highest BCUT2D eigenvalue weighted by atomic mass is 16.6. The molecule has 0 spiro atoms. The van der Waals surface area contributed by atoms with E-state index in [2.05, 4.69) is 12.2 Å². The highest BCUT2D eigenvalue weighted by Gasteiger charge is 2.28. The average Bonchev–Trinajstić information content (AvgIpc) is 2.56. The van der Waals surface area contributed by atoms with Crippen LogP contribution in [0.15, 0.2) is 0 Å². The molecule has 4 heteroatoms. The molecule has 4 nitrogen and oxygen atoms in total. The zero-order chi connectivity index (χ0) is 9.97. The fourth-order valence-electron chi connectivity index (χ4n) is 2.21. The van der Waals surface area contributed by atoms with Crippen molar-refractivity contribution in [2.45, 2.75) is 13.3 Å². The Morgan fingerprint density at radius 3 is 3.14 bits per heavy atom. The molecule has 2 saturated heterocycles. The summed E-state index contributed by atoms with van der Waals surface area (Å²) in [5.74, 6) is 1.30. The van der Waals surface area contributed by atoms with E-state index >= 15 is 0 Å². The van der Waals surface area contributed by atoms with Crippen molar-refractivity contribution in [3.8, 4) is 0 Å². The van der Waals surface area contributed by atoms with Gasteiger partial charge in [-0.1, -0.05) is 6.92 Å². The lowest BCUT2D eigenvalue weighted by Gasteiger charge is -2.31. The van der Waals surface area contributed by atoms with Crippen LogP contribution in [0.3, 0.4) is 0 Å². The molecule has 0 aliphatic carbocycles. The van der Waals surface area contributed by atoms with E-state index in [0.717, 1.165) is 26.2 Å². The minimum atomic E-state index is -0.129. The quantitative estimate of drug-likeness (QED) is 0.709. The number of hydrogen-bond donors (Lipinski definition) is 1. The summed E-state index contributed by atoms with van der Waals surface area (Å²) in [6.07, 6.45) is 1.04. The normalized spacial score (nSPS) is 33.2. The number of nitrogens with one attached hydrogen (secondary N) is 1. The van der Waals surface area contributed by atoms with Crippen LogP contribution < -0.4 is 5.32 Å². The lowest BCUT2D eigenvalue weighted by Crippen LogP contribution is -2.41. The van der Waals surface area contributed by atoms with Crippen molar-refractivity contribution in [3.05, 3.63) is 0 Å². The van der Waals surface area contributed by atoms with Crippen LogP contribution in [0.1, 0.15) is 13.3 Å². The first-order chi connectivity index (χ1) is 6.77. The smallest absolute Gasteiger partial charge is 0.409 e. The second-order valence-corrected chi connectivity index (χ2v) is 4.29. The zero-order valence-electron chi connectivity index (χ0n) is 8.66. The molecule has 2 aliphatic heterocycles. The monoisotopic (exact) mass is 198 g/mol. The van der Waals surface area contributed by atoms with E-state index in [-0.39, 0.29) is 6.09 Å². The lowest BCUT2D eigenvalue weighted by atomic mass is 9.87. The Morgan fingerprint density at radius 2 is 2.50 bits per heavy atom. The van der Waals surface area contributed by atoms with Crippen LogP contribution in [0.5, 0.6) is 0 Å². The molecule has 1 amide bonds. The van der Waals surface area contributed by atoms with Gasteiger partial charge >= 0.3 is 6.09 Å². The summed E-state index contributed by atoms with van der Waals surface area (Å²) in [7, 11) is 0. The maximum Gasteiger partial charge on any atom is 0.409 e. The van der Waals surface area contributed by atoms with Crippen molar-refractivity contribution in [2.75, 3.05) is 32.8 Å². The molecule has 2 fully saturated rings. The third-order valence-electron chi connectivity index (χ3n) is 3.26. The highest BCUT2D eigenvalue weighted by molar-refractivity contribution is 5.69. The van der Waals surface area contributed by atoms with E-state index in [4.69, 9.17) is 4.74 Å². The van der Waals surface area contributed by atoms with Gasteiger partial charge in [0, 0.05) is 6.54 Å². The van der Waals surface area contributed by atoms with Crippen molar-refractivity contribution in [1.82, 2.24) is 10.2 Å². The van der Waals surface area contributed by atoms with Crippen LogP contribution >= 0.6 is 0 Å². The minimum Gasteiger partial charge on any atom is -0.448 e. The third kappa shape index (κ3) is 2.00. The number of nitrogens with zero attached hydrogens (tertiary/aromatic N) is 1. The predicted molar refractivity (Wildman–Crippen MR) is 53.1 cm³/mol. The Labute approximate surface area is 84.6 Å². The molecule has 2 atom stereocenters. The van der Waals surface area contributed by atoms with Gasteiger partial charge in [-0.15, -0.1) is 0 Å². The van der Waals surface area contributed by atoms with Gasteiger partial charge < -0.3 is 15.0 Å². The Hall–Kier alpha value is -0.770. The predicted octanol–water partition coefficient (Wildman–Crippen LogP) is 0.684. The first-order valence-electron chi connectivity index (χ1n) is 5.40. The topological polar surface area (TPSA) is 41.6 Å². The van der Waals surface area contributed by atoms with Gasteiger partial charge in [0.2, 0.25) is 0 Å². The Morgan fingerprint density at radius 1 is 1.64 bits per heavy atom. The summed E-state index contributed by atoms with van der Waals surface area (Å²) in [4.78, 5) is 13.1. The number of ether oxygens (including phenoxy) is 1. The van der Waals surface area contributed by atoms with Gasteiger partial charge in [0.1, 0.15) is 6.61 Å². The molecule has 2 unspecified atom stereocenters. The number of amides is 1. The summed E-state index contributed by atoms with van der Waals surface area (Å²) in [6.45, 7) is 6.62. The molecule has 80 valence electrons. The largest absolute Gasteiger partial charge is 0.448 e. The SMILES string of the molecule is CC1CNCCC1CN1CCOC1=O. The molecule has 2 heterocycles. The van der Waals surface area contributed by atoms with Crippen LogP contribution in [-0.2, 0) is 4.74 Å². The van der Waals surface area contributed by atoms with Crippen LogP contribution in [-0.4, -0.2) is 43.8 Å². The van der Waals surface area contributed by atoms with Gasteiger partial charge in [0.25, 0.3) is 0 Å². The van der Waals surface area contributed by atoms with Crippen LogP contribution in [0, 0.1) is 11.8 Å². The van der Waals surface area contributed by atoms with E-state index in [1.54, 1.807) is 0 Å². The standard InChI is InChI=1S/C10H18N2O2/c1-8-6-11-3-2-9(8)7-12-4-5-14-10(12)13/h8-9,11H,2-7H2,1H3. The maximum absolute atomic E-state index is 11.2. The molecule has 2 rings (SSSR count). The summed E-state index contributed by atoms with van der Waals surface area (Å²) >= 11 is 0. The van der Waals surface area contributed by atoms with E-state index in [9.17, 15) is 4.79 Å². The van der Waals surface area contributed by atoms with E-state index < -0.39 is 0 Å². The fraction of sp³-hybridized carbons (Fsp3) is 0.900. The molecule has 0 saturated carbocycles. The van der Waals surface area contributed by atoms with E-state index in [1.807, 2.05) is 4.90 Å². The average molecular weight is 198 g/mol. The second kappa shape index (κ2) is 4.17. The maximum atomic E-state index is 11.2. The van der Waals surface area contributed by atoms with Crippen molar-refractivity contribution in [3.63, 3.8) is 0 Å². The molecule has 2 aliphatic rings. The molecular formula is C10H18N2O2. The summed E-state index contributed by atoms with van der Waals surface area (Å²) in [5.41, 5.74) is 0. The second-order valence-electron chi connectivity index (χ2n) is 4.29. The first-order valence-corrected chi connectivity index (χ1v) is 5.40. The van der Waals surface area contributed by atoms with Crippen molar-refractivity contribution in [2.24, 2.45) is 11.8 Å². The fourth-order valence-corrected chi connectivity index (χ4v) is 2.21. The highest BCUT2D eigenvalue weighted by Crippen LogP contribution is 2.21. The molecule has 0 aromatic carbocycles. The van der Waals surface area contributed by atoms with Crippen molar-refractivity contribution < 1.29 is 9.53 Å². The number of rotatable bonds is 2. The van der Waals surface area contributed by atoms with Crippen LogP contribution in [0.2, 0.25) is 0 Å². The van der Waals surface area contributed by atoms with Gasteiger partial charge in [0.05, 0.1) is 6.54 Å². The van der Waals surface area contributed by atoms with Crippen molar-refractivity contribution in [1.29, 1.82) is 0 Å². The van der Waals surface area contributed by atoms with Crippen LogP contribution in [0.25, 0.3) is 0 Å². The van der Waals surface area contributed by atoms with Crippen LogP contribution in [0.4, 0.5) is 4.79 Å². The van der Waals surface area contributed by atoms with Gasteiger partial charge in [-0.3, -0.25) is 0 Å². The van der Waals surface area contributed by atoms with Gasteiger partial charge in [-0.05, 0) is 31.3 Å². The molecule has 0 bridgehead atoms. The third-order valence-corrected chi connectivity index (χ3v) is 3.26. The molecule has 1 N–H and O–H groups in total.